The summed E-state index contributed by atoms with van der Waals surface area (Å²) in [5.74, 6) is -0.271. The zero-order valence-electron chi connectivity index (χ0n) is 11.4. The minimum absolute atomic E-state index is 0.00393. The number of carboxylic acids is 1. The lowest BCUT2D eigenvalue weighted by Crippen LogP contribution is -2.39. The smallest absolute Gasteiger partial charge is 0.303 e. The fraction of sp³-hybridized carbons (Fsp3) is 0.467. The number of fused-ring (bicyclic) bond motifs is 1. The summed E-state index contributed by atoms with van der Waals surface area (Å²) in [6.45, 7) is 5.72. The number of carbonyl (C=O) groups excluding carboxylic acids is 1. The fourth-order valence-corrected chi connectivity index (χ4v) is 2.34. The molecule has 0 fully saturated rings. The van der Waals surface area contributed by atoms with Crippen LogP contribution < -0.4 is 4.74 Å². The number of rotatable bonds is 3. The van der Waals surface area contributed by atoms with Crippen LogP contribution in [0.4, 0.5) is 0 Å². The van der Waals surface area contributed by atoms with Crippen LogP contribution in [0.25, 0.3) is 0 Å². The van der Waals surface area contributed by atoms with Crippen LogP contribution in [0, 0.1) is 13.8 Å². The van der Waals surface area contributed by atoms with Crippen molar-refractivity contribution in [2.75, 3.05) is 0 Å². The summed E-state index contributed by atoms with van der Waals surface area (Å²) in [6, 6.07) is 3.71. The minimum Gasteiger partial charge on any atom is -0.486 e. The molecule has 2 rings (SSSR count). The van der Waals surface area contributed by atoms with Crippen LogP contribution in [0.2, 0.25) is 0 Å². The van der Waals surface area contributed by atoms with E-state index in [0.717, 1.165) is 11.1 Å². The maximum absolute atomic E-state index is 12.2. The minimum atomic E-state index is -0.872. The summed E-state index contributed by atoms with van der Waals surface area (Å²) in [6.07, 6.45) is 0.570. The quantitative estimate of drug-likeness (QED) is 0.909. The molecule has 1 N–H and O–H groups in total. The number of aryl methyl sites for hydroxylation is 2. The molecular weight excluding hydrogens is 244 g/mol. The van der Waals surface area contributed by atoms with Gasteiger partial charge in [-0.05, 0) is 50.5 Å². The molecule has 0 radical (unpaired) electrons. The second kappa shape index (κ2) is 4.68. The van der Waals surface area contributed by atoms with E-state index in [1.807, 2.05) is 26.0 Å². The van der Waals surface area contributed by atoms with E-state index < -0.39 is 11.6 Å². The highest BCUT2D eigenvalue weighted by Crippen LogP contribution is 2.37. The van der Waals surface area contributed by atoms with E-state index in [1.165, 1.54) is 0 Å². The van der Waals surface area contributed by atoms with E-state index in [2.05, 4.69) is 0 Å². The molecular formula is C15H18O4. The molecule has 1 unspecified atom stereocenters. The van der Waals surface area contributed by atoms with Crippen molar-refractivity contribution in [1.82, 2.24) is 0 Å². The van der Waals surface area contributed by atoms with Crippen LogP contribution >= 0.6 is 0 Å². The Morgan fingerprint density at radius 1 is 1.37 bits per heavy atom. The van der Waals surface area contributed by atoms with Crippen LogP contribution in [-0.2, 0) is 4.79 Å². The van der Waals surface area contributed by atoms with Gasteiger partial charge in [0, 0.05) is 6.42 Å². The molecule has 1 aliphatic heterocycles. The van der Waals surface area contributed by atoms with Gasteiger partial charge in [-0.25, -0.2) is 0 Å². The van der Waals surface area contributed by atoms with Crippen molar-refractivity contribution in [2.45, 2.75) is 45.6 Å². The van der Waals surface area contributed by atoms with Gasteiger partial charge in [0.15, 0.2) is 5.78 Å². The molecule has 19 heavy (non-hydrogen) atoms. The molecule has 1 aromatic rings. The maximum Gasteiger partial charge on any atom is 0.303 e. The Hall–Kier alpha value is -1.84. The molecule has 102 valence electrons. The van der Waals surface area contributed by atoms with Crippen LogP contribution in [0.1, 0.15) is 47.7 Å². The molecule has 0 bridgehead atoms. The van der Waals surface area contributed by atoms with Gasteiger partial charge in [-0.3, -0.25) is 9.59 Å². The highest BCUT2D eigenvalue weighted by Gasteiger charge is 2.36. The van der Waals surface area contributed by atoms with Gasteiger partial charge in [-0.15, -0.1) is 0 Å². The standard InChI is InChI=1S/C15H18O4/c1-9-6-11-12(16)8-15(3,5-4-14(17)18)19-13(11)7-10(9)2/h6-7H,4-5,8H2,1-3H3,(H,17,18). The van der Waals surface area contributed by atoms with Gasteiger partial charge >= 0.3 is 5.97 Å². The SMILES string of the molecule is Cc1cc2c(cc1C)C(=O)CC(C)(CCC(=O)O)O2. The van der Waals surface area contributed by atoms with Crippen LogP contribution in [0.5, 0.6) is 5.75 Å². The predicted octanol–water partition coefficient (Wildman–Crippen LogP) is 2.89. The second-order valence-corrected chi connectivity index (χ2v) is 5.48. The van der Waals surface area contributed by atoms with Crippen molar-refractivity contribution >= 4 is 11.8 Å². The monoisotopic (exact) mass is 262 g/mol. The van der Waals surface area contributed by atoms with Crippen LogP contribution in [-0.4, -0.2) is 22.5 Å². The number of benzene rings is 1. The number of carbonyl (C=O) groups is 2. The first kappa shape index (κ1) is 13.6. The Morgan fingerprint density at radius 2 is 2.00 bits per heavy atom. The maximum atomic E-state index is 12.2. The number of Topliss-reactive ketones (excluding diaryl/α,β-unsaturated/α-hetero) is 1. The molecule has 0 spiro atoms. The summed E-state index contributed by atoms with van der Waals surface area (Å²) in [4.78, 5) is 22.9. The van der Waals surface area contributed by atoms with E-state index in [4.69, 9.17) is 9.84 Å². The van der Waals surface area contributed by atoms with Gasteiger partial charge in [0.05, 0.1) is 12.0 Å². The lowest BCUT2D eigenvalue weighted by molar-refractivity contribution is -0.138. The largest absolute Gasteiger partial charge is 0.486 e. The van der Waals surface area contributed by atoms with Crippen molar-refractivity contribution in [3.05, 3.63) is 28.8 Å². The Bertz CT molecular complexity index is 547. The normalized spacial score (nSPS) is 21.7. The van der Waals surface area contributed by atoms with E-state index in [1.54, 1.807) is 6.92 Å². The molecule has 1 aromatic carbocycles. The first-order valence-electron chi connectivity index (χ1n) is 6.36. The Morgan fingerprint density at radius 3 is 2.63 bits per heavy atom. The molecule has 1 aliphatic rings. The summed E-state index contributed by atoms with van der Waals surface area (Å²) < 4.78 is 5.89. The van der Waals surface area contributed by atoms with E-state index in [9.17, 15) is 9.59 Å². The van der Waals surface area contributed by atoms with Gasteiger partial charge in [0.2, 0.25) is 0 Å². The summed E-state index contributed by atoms with van der Waals surface area (Å²) >= 11 is 0. The number of hydrogen-bond donors (Lipinski definition) is 1. The summed E-state index contributed by atoms with van der Waals surface area (Å²) in [5.41, 5.74) is 2.01. The molecule has 1 heterocycles. The van der Waals surface area contributed by atoms with Crippen LogP contribution in [0.3, 0.4) is 0 Å². The number of carboxylic acid groups (broad SMARTS) is 1. The van der Waals surface area contributed by atoms with Crippen LogP contribution in [0.15, 0.2) is 12.1 Å². The number of ether oxygens (including phenoxy) is 1. The number of ketones is 1. The van der Waals surface area contributed by atoms with Crippen molar-refractivity contribution in [3.63, 3.8) is 0 Å². The van der Waals surface area contributed by atoms with Crippen molar-refractivity contribution in [2.24, 2.45) is 0 Å². The van der Waals surface area contributed by atoms with E-state index >= 15 is 0 Å². The first-order valence-corrected chi connectivity index (χ1v) is 6.36. The molecule has 0 aliphatic carbocycles. The third kappa shape index (κ3) is 2.78. The lowest BCUT2D eigenvalue weighted by Gasteiger charge is -2.35. The average Bonchev–Trinajstić information content (AvgIpc) is 2.30. The highest BCUT2D eigenvalue weighted by atomic mass is 16.5. The van der Waals surface area contributed by atoms with Crippen molar-refractivity contribution < 1.29 is 19.4 Å². The zero-order chi connectivity index (χ0) is 14.2. The molecule has 0 saturated carbocycles. The molecule has 0 aromatic heterocycles. The zero-order valence-corrected chi connectivity index (χ0v) is 11.4. The van der Waals surface area contributed by atoms with Gasteiger partial charge in [-0.1, -0.05) is 0 Å². The van der Waals surface area contributed by atoms with Gasteiger partial charge in [0.25, 0.3) is 0 Å². The van der Waals surface area contributed by atoms with Crippen molar-refractivity contribution in [3.8, 4) is 5.75 Å². The second-order valence-electron chi connectivity index (χ2n) is 5.48. The van der Waals surface area contributed by atoms with Gasteiger partial charge in [-0.2, -0.15) is 0 Å². The van der Waals surface area contributed by atoms with Gasteiger partial charge in [0.1, 0.15) is 11.4 Å². The van der Waals surface area contributed by atoms with Gasteiger partial charge < -0.3 is 9.84 Å². The third-order valence-electron chi connectivity index (χ3n) is 3.65. The average molecular weight is 262 g/mol. The number of aliphatic carboxylic acids is 1. The molecule has 0 amide bonds. The molecule has 1 atom stereocenters. The summed E-state index contributed by atoms with van der Waals surface area (Å²) in [5, 5.41) is 8.76. The lowest BCUT2D eigenvalue weighted by atomic mass is 9.87. The molecule has 0 saturated heterocycles. The predicted molar refractivity (Wildman–Crippen MR) is 70.8 cm³/mol. The highest BCUT2D eigenvalue weighted by molar-refractivity contribution is 6.00. The fourth-order valence-electron chi connectivity index (χ4n) is 2.34. The first-order chi connectivity index (χ1) is 8.81. The van der Waals surface area contributed by atoms with E-state index in [0.29, 0.717) is 17.7 Å². The van der Waals surface area contributed by atoms with E-state index in [-0.39, 0.29) is 18.6 Å². The molecule has 4 nitrogen and oxygen atoms in total. The Labute approximate surface area is 112 Å². The third-order valence-corrected chi connectivity index (χ3v) is 3.65. The topological polar surface area (TPSA) is 63.6 Å². The Kier molecular flexibility index (Phi) is 3.35. The molecule has 4 heteroatoms. The Balaban J connectivity index is 2.30. The summed E-state index contributed by atoms with van der Waals surface area (Å²) in [7, 11) is 0. The number of hydrogen-bond acceptors (Lipinski definition) is 3. The van der Waals surface area contributed by atoms with Crippen molar-refractivity contribution in [1.29, 1.82) is 0 Å².